The Kier molecular flexibility index (Phi) is 6.50. The van der Waals surface area contributed by atoms with Gasteiger partial charge in [-0.05, 0) is 78.3 Å². The summed E-state index contributed by atoms with van der Waals surface area (Å²) in [6.45, 7) is 7.79. The van der Waals surface area contributed by atoms with E-state index in [9.17, 15) is 0 Å². The standard InChI is InChI=1S/C8H16N2S.C6H14N2/c1-8(2)5-3-4-6-10(8)7(9)11;1-8-4-2-6(7)3-5-8/h3-6H2,1-2H3,(H2,9,11);6H,2-5,7H2,1H3. The minimum Gasteiger partial charge on any atom is -0.376 e. The van der Waals surface area contributed by atoms with E-state index in [1.807, 2.05) is 0 Å². The first kappa shape index (κ1) is 16.7. The van der Waals surface area contributed by atoms with Crippen molar-refractivity contribution in [3.63, 3.8) is 0 Å². The van der Waals surface area contributed by atoms with Crippen LogP contribution in [0.5, 0.6) is 0 Å². The molecule has 0 unspecified atom stereocenters. The molecule has 112 valence electrons. The molecule has 0 spiro atoms. The molecule has 0 aromatic carbocycles. The molecule has 2 fully saturated rings. The molecule has 2 saturated heterocycles. The van der Waals surface area contributed by atoms with Gasteiger partial charge in [0.05, 0.1) is 0 Å². The lowest BCUT2D eigenvalue weighted by Crippen LogP contribution is -2.52. The van der Waals surface area contributed by atoms with E-state index in [4.69, 9.17) is 23.7 Å². The van der Waals surface area contributed by atoms with Crippen LogP contribution < -0.4 is 11.5 Å². The average Bonchev–Trinajstić information content (AvgIpc) is 2.33. The lowest BCUT2D eigenvalue weighted by atomic mass is 9.91. The van der Waals surface area contributed by atoms with E-state index < -0.39 is 0 Å². The second-order valence-electron chi connectivity index (χ2n) is 6.40. The summed E-state index contributed by atoms with van der Waals surface area (Å²) in [7, 11) is 2.14. The van der Waals surface area contributed by atoms with E-state index in [1.54, 1.807) is 0 Å². The zero-order valence-corrected chi connectivity index (χ0v) is 13.5. The zero-order valence-electron chi connectivity index (χ0n) is 12.7. The van der Waals surface area contributed by atoms with Crippen molar-refractivity contribution in [1.82, 2.24) is 9.80 Å². The summed E-state index contributed by atoms with van der Waals surface area (Å²) in [4.78, 5) is 4.45. The normalized spacial score (nSPS) is 24.5. The Bertz CT molecular complexity index is 275. The van der Waals surface area contributed by atoms with Gasteiger partial charge in [-0.2, -0.15) is 0 Å². The van der Waals surface area contributed by atoms with E-state index in [0.717, 1.165) is 6.54 Å². The summed E-state index contributed by atoms with van der Waals surface area (Å²) < 4.78 is 0. The van der Waals surface area contributed by atoms with E-state index >= 15 is 0 Å². The highest BCUT2D eigenvalue weighted by Crippen LogP contribution is 2.26. The highest BCUT2D eigenvalue weighted by molar-refractivity contribution is 7.80. The van der Waals surface area contributed by atoms with E-state index in [0.29, 0.717) is 11.2 Å². The fourth-order valence-electron chi connectivity index (χ4n) is 2.70. The van der Waals surface area contributed by atoms with Crippen molar-refractivity contribution in [1.29, 1.82) is 0 Å². The van der Waals surface area contributed by atoms with Gasteiger partial charge in [0, 0.05) is 18.1 Å². The molecule has 0 saturated carbocycles. The molecule has 5 heteroatoms. The maximum atomic E-state index is 5.67. The highest BCUT2D eigenvalue weighted by atomic mass is 32.1. The summed E-state index contributed by atoms with van der Waals surface area (Å²) in [6, 6.07) is 0.478. The van der Waals surface area contributed by atoms with Crippen LogP contribution in [0.4, 0.5) is 0 Å². The monoisotopic (exact) mass is 286 g/mol. The Labute approximate surface area is 123 Å². The van der Waals surface area contributed by atoms with Crippen LogP contribution in [0, 0.1) is 0 Å². The first-order chi connectivity index (χ1) is 8.83. The van der Waals surface area contributed by atoms with Gasteiger partial charge in [-0.3, -0.25) is 0 Å². The Morgan fingerprint density at radius 3 is 2.11 bits per heavy atom. The van der Waals surface area contributed by atoms with Crippen LogP contribution in [0.2, 0.25) is 0 Å². The number of nitrogens with two attached hydrogens (primary N) is 2. The summed E-state index contributed by atoms with van der Waals surface area (Å²) in [6.07, 6.45) is 6.07. The molecule has 4 N–H and O–H groups in total. The molecule has 2 rings (SSSR count). The molecule has 0 radical (unpaired) electrons. The van der Waals surface area contributed by atoms with Crippen molar-refractivity contribution >= 4 is 17.3 Å². The number of thiocarbonyl (C=S) groups is 1. The van der Waals surface area contributed by atoms with Gasteiger partial charge in [0.1, 0.15) is 0 Å². The van der Waals surface area contributed by atoms with Gasteiger partial charge in [-0.15, -0.1) is 0 Å². The Morgan fingerprint density at radius 2 is 1.74 bits per heavy atom. The molecule has 19 heavy (non-hydrogen) atoms. The molecule has 0 amide bonds. The molecule has 0 bridgehead atoms. The predicted octanol–water partition coefficient (Wildman–Crippen LogP) is 1.53. The van der Waals surface area contributed by atoms with Crippen molar-refractivity contribution < 1.29 is 0 Å². The second kappa shape index (κ2) is 7.41. The Morgan fingerprint density at radius 1 is 1.16 bits per heavy atom. The van der Waals surface area contributed by atoms with Crippen molar-refractivity contribution in [2.45, 2.75) is 57.5 Å². The topological polar surface area (TPSA) is 58.5 Å². The highest BCUT2D eigenvalue weighted by Gasteiger charge is 2.29. The molecule has 0 atom stereocenters. The molecular weight excluding hydrogens is 256 g/mol. The van der Waals surface area contributed by atoms with Crippen LogP contribution in [-0.4, -0.2) is 53.2 Å². The lowest BCUT2D eigenvalue weighted by molar-refractivity contribution is 0.158. The van der Waals surface area contributed by atoms with Crippen molar-refractivity contribution in [2.75, 3.05) is 26.7 Å². The van der Waals surface area contributed by atoms with Gasteiger partial charge < -0.3 is 21.3 Å². The first-order valence-electron chi connectivity index (χ1n) is 7.34. The van der Waals surface area contributed by atoms with Crippen LogP contribution in [0.1, 0.15) is 46.0 Å². The van der Waals surface area contributed by atoms with Crippen molar-refractivity contribution in [3.8, 4) is 0 Å². The fraction of sp³-hybridized carbons (Fsp3) is 0.929. The Balaban J connectivity index is 0.000000200. The maximum Gasteiger partial charge on any atom is 0.166 e. The molecule has 0 aromatic rings. The van der Waals surface area contributed by atoms with Gasteiger partial charge in [-0.25, -0.2) is 0 Å². The molecule has 0 aromatic heterocycles. The molecule has 2 aliphatic rings. The van der Waals surface area contributed by atoms with E-state index in [1.165, 1.54) is 45.2 Å². The number of likely N-dealkylation sites (tertiary alicyclic amines) is 2. The number of piperidine rings is 2. The number of rotatable bonds is 0. The fourth-order valence-corrected chi connectivity index (χ4v) is 3.04. The lowest BCUT2D eigenvalue weighted by Gasteiger charge is -2.42. The molecular formula is C14H30N4S. The van der Waals surface area contributed by atoms with E-state index in [2.05, 4.69) is 30.7 Å². The Hall–Kier alpha value is -0.390. The number of nitrogens with zero attached hydrogens (tertiary/aromatic N) is 2. The summed E-state index contributed by atoms with van der Waals surface area (Å²) >= 11 is 4.97. The largest absolute Gasteiger partial charge is 0.376 e. The van der Waals surface area contributed by atoms with Crippen LogP contribution in [-0.2, 0) is 0 Å². The third kappa shape index (κ3) is 5.63. The SMILES string of the molecule is CC1(C)CCCCN1C(N)=S.CN1CCC(N)CC1. The maximum absolute atomic E-state index is 5.67. The molecule has 2 heterocycles. The molecule has 2 aliphatic heterocycles. The third-order valence-corrected chi connectivity index (χ3v) is 4.40. The van der Waals surface area contributed by atoms with Gasteiger partial charge in [0.25, 0.3) is 0 Å². The van der Waals surface area contributed by atoms with Crippen LogP contribution in [0.15, 0.2) is 0 Å². The smallest absolute Gasteiger partial charge is 0.166 e. The quantitative estimate of drug-likeness (QED) is 0.662. The summed E-state index contributed by atoms with van der Waals surface area (Å²) in [5.74, 6) is 0. The minimum atomic E-state index is 0.185. The average molecular weight is 286 g/mol. The van der Waals surface area contributed by atoms with Gasteiger partial charge in [-0.1, -0.05) is 0 Å². The van der Waals surface area contributed by atoms with E-state index in [-0.39, 0.29) is 5.54 Å². The molecule has 4 nitrogen and oxygen atoms in total. The van der Waals surface area contributed by atoms with Gasteiger partial charge in [0.2, 0.25) is 0 Å². The number of hydrogen-bond acceptors (Lipinski definition) is 3. The summed E-state index contributed by atoms with van der Waals surface area (Å²) in [5.41, 5.74) is 11.5. The van der Waals surface area contributed by atoms with Crippen LogP contribution >= 0.6 is 12.2 Å². The summed E-state index contributed by atoms with van der Waals surface area (Å²) in [5, 5.41) is 0.551. The minimum absolute atomic E-state index is 0.185. The zero-order chi connectivity index (χ0) is 14.5. The van der Waals surface area contributed by atoms with Gasteiger partial charge >= 0.3 is 0 Å². The second-order valence-corrected chi connectivity index (χ2v) is 6.82. The molecule has 0 aliphatic carbocycles. The van der Waals surface area contributed by atoms with Crippen molar-refractivity contribution in [3.05, 3.63) is 0 Å². The number of hydrogen-bond donors (Lipinski definition) is 2. The predicted molar refractivity (Wildman–Crippen MR) is 86.1 cm³/mol. The van der Waals surface area contributed by atoms with Gasteiger partial charge in [0.15, 0.2) is 5.11 Å². The van der Waals surface area contributed by atoms with Crippen LogP contribution in [0.3, 0.4) is 0 Å². The van der Waals surface area contributed by atoms with Crippen LogP contribution in [0.25, 0.3) is 0 Å². The van der Waals surface area contributed by atoms with Crippen molar-refractivity contribution in [2.24, 2.45) is 11.5 Å². The first-order valence-corrected chi connectivity index (χ1v) is 7.75. The third-order valence-electron chi connectivity index (χ3n) is 4.18.